The first kappa shape index (κ1) is 29.9. The SMILES string of the molecule is O=C(OCC1CSC2(S1)C1CC3CC2CC(OC(=O)C(F)(C(F)(F)F)S(=O)(=O)O)(C3)C1)C(F)(F)C(F)(F)F. The van der Waals surface area contributed by atoms with E-state index >= 15 is 0 Å². The van der Waals surface area contributed by atoms with E-state index in [1.54, 1.807) is 0 Å². The highest BCUT2D eigenvalue weighted by molar-refractivity contribution is 8.21. The second-order valence-electron chi connectivity index (χ2n) is 9.93. The first-order valence-corrected chi connectivity index (χ1v) is 14.3. The van der Waals surface area contributed by atoms with Crippen LogP contribution in [0.15, 0.2) is 0 Å². The van der Waals surface area contributed by atoms with Crippen molar-refractivity contribution >= 4 is 45.6 Å². The van der Waals surface area contributed by atoms with Crippen molar-refractivity contribution in [3.63, 3.8) is 0 Å². The molecule has 5 fully saturated rings. The quantitative estimate of drug-likeness (QED) is 0.259. The van der Waals surface area contributed by atoms with Gasteiger partial charge in [0.1, 0.15) is 12.2 Å². The molecule has 1 aliphatic heterocycles. The van der Waals surface area contributed by atoms with Crippen molar-refractivity contribution in [1.29, 1.82) is 0 Å². The molecule has 0 amide bonds. The monoisotopic (exact) mass is 626 g/mol. The van der Waals surface area contributed by atoms with Crippen LogP contribution in [0.25, 0.3) is 0 Å². The summed E-state index contributed by atoms with van der Waals surface area (Å²) in [7, 11) is -6.61. The van der Waals surface area contributed by atoms with Crippen LogP contribution in [0.1, 0.15) is 32.1 Å². The minimum atomic E-state index is -6.61. The van der Waals surface area contributed by atoms with Gasteiger partial charge in [-0.2, -0.15) is 43.5 Å². The number of rotatable bonds is 6. The lowest BCUT2D eigenvalue weighted by Crippen LogP contribution is -2.64. The van der Waals surface area contributed by atoms with Crippen LogP contribution < -0.4 is 0 Å². The number of hydrogen-bond donors (Lipinski definition) is 1. The Morgan fingerprint density at radius 1 is 0.895 bits per heavy atom. The first-order chi connectivity index (χ1) is 17.1. The molecule has 1 N–H and O–H groups in total. The van der Waals surface area contributed by atoms with Crippen LogP contribution in [-0.4, -0.2) is 75.5 Å². The molecular weight excluding hydrogens is 607 g/mol. The van der Waals surface area contributed by atoms with Gasteiger partial charge in [-0.3, -0.25) is 4.55 Å². The maximum atomic E-state index is 14.5. The van der Waals surface area contributed by atoms with Gasteiger partial charge in [-0.15, -0.1) is 23.5 Å². The summed E-state index contributed by atoms with van der Waals surface area (Å²) in [5, 5.41) is -6.38. The third kappa shape index (κ3) is 4.55. The highest BCUT2D eigenvalue weighted by Crippen LogP contribution is 2.71. The zero-order valence-corrected chi connectivity index (χ0v) is 21.2. The van der Waals surface area contributed by atoms with Gasteiger partial charge < -0.3 is 9.47 Å². The Balaban J connectivity index is 1.47. The minimum Gasteiger partial charge on any atom is -0.460 e. The lowest BCUT2D eigenvalue weighted by atomic mass is 9.53. The molecule has 4 bridgehead atoms. The molecule has 4 unspecified atom stereocenters. The molecule has 1 spiro atoms. The van der Waals surface area contributed by atoms with Gasteiger partial charge in [0, 0.05) is 11.0 Å². The number of ether oxygens (including phenoxy) is 2. The van der Waals surface area contributed by atoms with Crippen LogP contribution >= 0.6 is 23.5 Å². The minimum absolute atomic E-state index is 0.0319. The van der Waals surface area contributed by atoms with Gasteiger partial charge in [0.05, 0.1) is 4.08 Å². The Kier molecular flexibility index (Phi) is 7.05. The second kappa shape index (κ2) is 8.96. The third-order valence-corrected chi connectivity index (χ3v) is 12.7. The summed E-state index contributed by atoms with van der Waals surface area (Å²) in [5.41, 5.74) is -1.65. The van der Waals surface area contributed by atoms with Crippen LogP contribution in [0.2, 0.25) is 0 Å². The van der Waals surface area contributed by atoms with Gasteiger partial charge in [0.2, 0.25) is 0 Å². The second-order valence-corrected chi connectivity index (χ2v) is 14.6. The smallest absolute Gasteiger partial charge is 0.460 e. The van der Waals surface area contributed by atoms with E-state index in [9.17, 15) is 57.5 Å². The standard InChI is InChI=1S/C19H19F9O7S3/c20-16(21,18(23,24)25)12(29)34-6-11-7-36-15(37-11)9-1-8-2-10(15)5-14(3-8,4-9)35-13(30)17(22,19(26,27)28)38(31,32)33/h8-11H,1-7H2,(H,31,32,33). The summed E-state index contributed by atoms with van der Waals surface area (Å²) in [5.74, 6) is -12.0. The van der Waals surface area contributed by atoms with Crippen LogP contribution in [0.5, 0.6) is 0 Å². The molecule has 5 rings (SSSR count). The molecule has 0 aromatic carbocycles. The molecule has 1 saturated heterocycles. The summed E-state index contributed by atoms with van der Waals surface area (Å²) >= 11 is 2.49. The molecule has 0 radical (unpaired) electrons. The summed E-state index contributed by atoms with van der Waals surface area (Å²) in [6.07, 6.45) is -11.6. The summed E-state index contributed by atoms with van der Waals surface area (Å²) in [4.78, 5) is 23.6. The van der Waals surface area contributed by atoms with E-state index in [0.29, 0.717) is 12.8 Å². The van der Waals surface area contributed by atoms with E-state index in [4.69, 9.17) is 9.29 Å². The van der Waals surface area contributed by atoms with E-state index < -0.39 is 66.9 Å². The van der Waals surface area contributed by atoms with Crippen molar-refractivity contribution in [2.45, 2.75) is 70.3 Å². The maximum Gasteiger partial charge on any atom is 0.465 e. The number of esters is 2. The van der Waals surface area contributed by atoms with Gasteiger partial charge in [0.25, 0.3) is 0 Å². The molecule has 4 atom stereocenters. The average molecular weight is 627 g/mol. The summed E-state index contributed by atoms with van der Waals surface area (Å²) in [6.45, 7) is -0.753. The lowest BCUT2D eigenvalue weighted by molar-refractivity contribution is -0.280. The molecular formula is C19H19F9O7S3. The van der Waals surface area contributed by atoms with E-state index in [1.165, 1.54) is 23.5 Å². The molecule has 0 aromatic heterocycles. The normalized spacial score (nSPS) is 36.8. The summed E-state index contributed by atoms with van der Waals surface area (Å²) in [6, 6.07) is 0. The number of carbonyl (C=O) groups excluding carboxylic acids is 2. The zero-order chi connectivity index (χ0) is 28.7. The van der Waals surface area contributed by atoms with Crippen molar-refractivity contribution < 1.29 is 71.5 Å². The van der Waals surface area contributed by atoms with Crippen molar-refractivity contribution in [1.82, 2.24) is 0 Å². The molecule has 4 aliphatic carbocycles. The molecule has 4 saturated carbocycles. The predicted octanol–water partition coefficient (Wildman–Crippen LogP) is 4.51. The molecule has 218 valence electrons. The van der Waals surface area contributed by atoms with Crippen molar-refractivity contribution in [3.05, 3.63) is 0 Å². The number of halogens is 9. The number of alkyl halides is 9. The maximum absolute atomic E-state index is 14.5. The number of thioether (sulfide) groups is 2. The van der Waals surface area contributed by atoms with Gasteiger partial charge >= 0.3 is 45.3 Å². The fourth-order valence-corrected chi connectivity index (χ4v) is 10.7. The first-order valence-electron chi connectivity index (χ1n) is 11.0. The predicted molar refractivity (Wildman–Crippen MR) is 112 cm³/mol. The van der Waals surface area contributed by atoms with Gasteiger partial charge in [0.15, 0.2) is 0 Å². The van der Waals surface area contributed by atoms with Gasteiger partial charge in [-0.1, -0.05) is 0 Å². The fourth-order valence-electron chi connectivity index (χ4n) is 6.05. The van der Waals surface area contributed by atoms with Gasteiger partial charge in [-0.05, 0) is 49.9 Å². The Morgan fingerprint density at radius 3 is 1.92 bits per heavy atom. The van der Waals surface area contributed by atoms with E-state index in [2.05, 4.69) is 4.74 Å². The molecule has 38 heavy (non-hydrogen) atoms. The molecule has 1 heterocycles. The molecule has 19 heteroatoms. The molecule has 0 aromatic rings. The topological polar surface area (TPSA) is 107 Å². The van der Waals surface area contributed by atoms with Crippen LogP contribution in [0.4, 0.5) is 39.5 Å². The average Bonchev–Trinajstić information content (AvgIpc) is 3.17. The Hall–Kier alpha value is -1.08. The van der Waals surface area contributed by atoms with Gasteiger partial charge in [-0.25, -0.2) is 14.0 Å². The van der Waals surface area contributed by atoms with E-state index in [-0.39, 0.29) is 42.8 Å². The number of carbonyl (C=O) groups is 2. The van der Waals surface area contributed by atoms with Crippen molar-refractivity contribution in [3.8, 4) is 0 Å². The van der Waals surface area contributed by atoms with E-state index in [0.717, 1.165) is 0 Å². The zero-order valence-electron chi connectivity index (χ0n) is 18.8. The largest absolute Gasteiger partial charge is 0.465 e. The highest BCUT2D eigenvalue weighted by Gasteiger charge is 2.75. The number of hydrogen-bond acceptors (Lipinski definition) is 8. The third-order valence-electron chi connectivity index (χ3n) is 7.42. The lowest BCUT2D eigenvalue weighted by Gasteiger charge is -2.63. The summed E-state index contributed by atoms with van der Waals surface area (Å²) < 4.78 is 157. The Morgan fingerprint density at radius 2 is 1.45 bits per heavy atom. The van der Waals surface area contributed by atoms with Crippen LogP contribution in [0.3, 0.4) is 0 Å². The van der Waals surface area contributed by atoms with Crippen LogP contribution in [-0.2, 0) is 29.2 Å². The fraction of sp³-hybridized carbons (Fsp3) is 0.895. The van der Waals surface area contributed by atoms with Crippen molar-refractivity contribution in [2.75, 3.05) is 12.4 Å². The van der Waals surface area contributed by atoms with Crippen molar-refractivity contribution in [2.24, 2.45) is 17.8 Å². The highest BCUT2D eigenvalue weighted by atomic mass is 32.2. The Labute approximate surface area is 217 Å². The van der Waals surface area contributed by atoms with Crippen LogP contribution in [0, 0.1) is 17.8 Å². The molecule has 7 nitrogen and oxygen atoms in total. The Bertz CT molecular complexity index is 1090. The molecule has 5 aliphatic rings. The van der Waals surface area contributed by atoms with E-state index in [1.807, 2.05) is 0 Å².